The number of ketones is 1. The van der Waals surface area contributed by atoms with Gasteiger partial charge in [-0.05, 0) is 130 Å². The van der Waals surface area contributed by atoms with Gasteiger partial charge in [0, 0.05) is 73.0 Å². The van der Waals surface area contributed by atoms with Gasteiger partial charge in [0.2, 0.25) is 0 Å². The highest BCUT2D eigenvalue weighted by molar-refractivity contribution is 6.04. The topological polar surface area (TPSA) is 295 Å². The van der Waals surface area contributed by atoms with E-state index in [9.17, 15) is 38.4 Å². The summed E-state index contributed by atoms with van der Waals surface area (Å²) in [6.45, 7) is 20.2. The highest BCUT2D eigenvalue weighted by Crippen LogP contribution is 2.21. The molecule has 0 heterocycles. The van der Waals surface area contributed by atoms with E-state index in [4.69, 9.17) is 37.9 Å². The van der Waals surface area contributed by atoms with E-state index < -0.39 is 30.0 Å². The fourth-order valence-corrected chi connectivity index (χ4v) is 6.37. The molecule has 81 heavy (non-hydrogen) atoms. The summed E-state index contributed by atoms with van der Waals surface area (Å²) in [6.07, 6.45) is -2.67. The van der Waals surface area contributed by atoms with Gasteiger partial charge in [-0.2, -0.15) is 0 Å². The molecule has 0 spiro atoms. The summed E-state index contributed by atoms with van der Waals surface area (Å²) < 4.78 is 46.0. The third-order valence-electron chi connectivity index (χ3n) is 10.7. The summed E-state index contributed by atoms with van der Waals surface area (Å²) in [5.74, 6) is -0.297. The van der Waals surface area contributed by atoms with Crippen molar-refractivity contribution in [3.05, 3.63) is 151 Å². The Morgan fingerprint density at radius 2 is 0.691 bits per heavy atom. The summed E-state index contributed by atoms with van der Waals surface area (Å²) >= 11 is 0. The number of ether oxygens (including phenoxy) is 8. The Hall–Kier alpha value is -9.16. The Kier molecular flexibility index (Phi) is 27.0. The second kappa shape index (κ2) is 34.0. The molecule has 0 saturated heterocycles. The molecule has 0 unspecified atom stereocenters. The number of anilines is 3. The van der Waals surface area contributed by atoms with Crippen molar-refractivity contribution in [3.8, 4) is 23.0 Å². The van der Waals surface area contributed by atoms with Crippen molar-refractivity contribution in [2.75, 3.05) is 88.4 Å². The second-order valence-electron chi connectivity index (χ2n) is 18.1. The number of allylic oxidation sites excluding steroid dienone is 1. The van der Waals surface area contributed by atoms with Gasteiger partial charge in [-0.1, -0.05) is 38.4 Å². The zero-order valence-electron chi connectivity index (χ0n) is 45.8. The third-order valence-corrected chi connectivity index (χ3v) is 10.7. The van der Waals surface area contributed by atoms with Crippen LogP contribution in [0.4, 0.5) is 36.2 Å². The average molecular weight is 1120 g/mol. The van der Waals surface area contributed by atoms with Crippen molar-refractivity contribution < 1.29 is 76.3 Å². The van der Waals surface area contributed by atoms with Crippen molar-refractivity contribution in [2.24, 2.45) is 0 Å². The summed E-state index contributed by atoms with van der Waals surface area (Å²) in [5, 5.41) is 18.5. The minimum absolute atomic E-state index is 0.00447. The molecule has 0 saturated carbocycles. The van der Waals surface area contributed by atoms with Gasteiger partial charge >= 0.3 is 24.4 Å². The van der Waals surface area contributed by atoms with E-state index in [0.29, 0.717) is 39.4 Å². The first-order valence-electron chi connectivity index (χ1n) is 25.4. The minimum atomic E-state index is -1.38. The monoisotopic (exact) mass is 1120 g/mol. The van der Waals surface area contributed by atoms with Gasteiger partial charge in [0.25, 0.3) is 17.7 Å². The number of benzene rings is 4. The summed E-state index contributed by atoms with van der Waals surface area (Å²) in [4.78, 5) is 98.8. The molecule has 0 bridgehead atoms. The smallest absolute Gasteiger partial charge is 0.410 e. The molecule has 0 radical (unpaired) electrons. The van der Waals surface area contributed by atoms with Crippen molar-refractivity contribution >= 4 is 64.9 Å². The molecule has 0 aromatic heterocycles. The fraction of sp³-hybridized carbons (Fsp3) is 0.310. The number of rotatable bonds is 33. The lowest BCUT2D eigenvalue weighted by atomic mass is 10.1. The molecule has 432 valence electrons. The Morgan fingerprint density at radius 3 is 0.988 bits per heavy atom. The molecule has 4 aromatic carbocycles. The molecule has 0 aliphatic rings. The third kappa shape index (κ3) is 25.5. The van der Waals surface area contributed by atoms with Crippen molar-refractivity contribution in [1.29, 1.82) is 0 Å². The minimum Gasteiger partial charge on any atom is -0.410 e. The zero-order chi connectivity index (χ0) is 59.2. The number of hydrogen-bond acceptors (Lipinski definition) is 16. The van der Waals surface area contributed by atoms with Crippen LogP contribution >= 0.6 is 0 Å². The Labute approximate surface area is 469 Å². The van der Waals surface area contributed by atoms with Gasteiger partial charge in [0.15, 0.2) is 5.78 Å². The number of nitrogens with one attached hydrogen (secondary N) is 7. The maximum atomic E-state index is 12.7. The quantitative estimate of drug-likeness (QED) is 0.0179. The highest BCUT2D eigenvalue weighted by atomic mass is 16.6. The summed E-state index contributed by atoms with van der Waals surface area (Å²) in [6, 6.07) is 24.9. The molecule has 0 fully saturated rings. The van der Waals surface area contributed by atoms with Gasteiger partial charge in [-0.25, -0.2) is 19.2 Å². The predicted molar refractivity (Wildman–Crippen MR) is 301 cm³/mol. The molecule has 23 heteroatoms. The first-order valence-corrected chi connectivity index (χ1v) is 25.4. The number of carbonyl (C=O) groups is 8. The van der Waals surface area contributed by atoms with E-state index >= 15 is 0 Å². The van der Waals surface area contributed by atoms with Gasteiger partial charge in [-0.3, -0.25) is 19.2 Å². The maximum Gasteiger partial charge on any atom is 0.412 e. The molecule has 0 atom stereocenters. The Balaban J connectivity index is 1.39. The summed E-state index contributed by atoms with van der Waals surface area (Å²) in [7, 11) is 0. The average Bonchev–Trinajstić information content (AvgIpc) is 3.42. The van der Waals surface area contributed by atoms with E-state index in [0.717, 1.165) is 5.56 Å². The van der Waals surface area contributed by atoms with Gasteiger partial charge in [0.05, 0.1) is 39.6 Å². The van der Waals surface area contributed by atoms with Gasteiger partial charge in [-0.15, -0.1) is 0 Å². The molecular weight excluding hydrogens is 1050 g/mol. The SMILES string of the molecule is C=C(C)C(=O)Cc1ccc(OC(=O)NCCOCC(COCCNC(=O)Oc2ccc(NC(=O)C(=C)C)cc2)(COCCNC(=O)Oc2ccc(NC(=O)C(=C)C)cc2)OCCCNC(=O)Oc2ccc(NC(=O)C(=C)C)cc2)cc1. The van der Waals surface area contributed by atoms with Crippen LogP contribution in [0.5, 0.6) is 23.0 Å². The number of hydrogen-bond donors (Lipinski definition) is 7. The number of Topliss-reactive ketones (excluding diaryl/α,β-unsaturated/α-hetero) is 1. The van der Waals surface area contributed by atoms with Crippen molar-refractivity contribution in [3.63, 3.8) is 0 Å². The van der Waals surface area contributed by atoms with Crippen LogP contribution in [-0.2, 0) is 44.5 Å². The van der Waals surface area contributed by atoms with E-state index in [-0.39, 0.29) is 132 Å². The van der Waals surface area contributed by atoms with Crippen LogP contribution < -0.4 is 56.2 Å². The molecule has 7 amide bonds. The fourth-order valence-electron chi connectivity index (χ4n) is 6.37. The lowest BCUT2D eigenvalue weighted by Gasteiger charge is -2.33. The van der Waals surface area contributed by atoms with Gasteiger partial charge < -0.3 is 75.1 Å². The Morgan fingerprint density at radius 1 is 0.395 bits per heavy atom. The lowest BCUT2D eigenvalue weighted by Crippen LogP contribution is -2.49. The van der Waals surface area contributed by atoms with Crippen molar-refractivity contribution in [1.82, 2.24) is 21.3 Å². The van der Waals surface area contributed by atoms with Crippen molar-refractivity contribution in [2.45, 2.75) is 46.1 Å². The van der Waals surface area contributed by atoms with Crippen LogP contribution in [0.1, 0.15) is 39.7 Å². The number of amides is 7. The largest absolute Gasteiger partial charge is 0.412 e. The number of carbonyl (C=O) groups excluding carboxylic acids is 8. The molecule has 0 aliphatic carbocycles. The Bertz CT molecular complexity index is 2450. The van der Waals surface area contributed by atoms with Gasteiger partial charge in [0.1, 0.15) is 28.6 Å². The van der Waals surface area contributed by atoms with E-state index in [2.05, 4.69) is 63.5 Å². The first-order chi connectivity index (χ1) is 38.7. The van der Waals surface area contributed by atoms with Crippen LogP contribution in [0, 0.1) is 0 Å². The second-order valence-corrected chi connectivity index (χ2v) is 18.1. The van der Waals surface area contributed by atoms with E-state index in [1.54, 1.807) is 88.4 Å². The lowest BCUT2D eigenvalue weighted by molar-refractivity contribution is -0.165. The molecular formula is C58H69N7O16. The van der Waals surface area contributed by atoms with Crippen LogP contribution in [0.2, 0.25) is 0 Å². The predicted octanol–water partition coefficient (Wildman–Crippen LogP) is 7.57. The van der Waals surface area contributed by atoms with E-state index in [1.165, 1.54) is 36.4 Å². The van der Waals surface area contributed by atoms with Crippen LogP contribution in [0.15, 0.2) is 146 Å². The highest BCUT2D eigenvalue weighted by Gasteiger charge is 2.33. The first kappa shape index (κ1) is 64.4. The standard InChI is InChI=1S/C58H69N7O16/c1-38(2)50(66)34-42-10-18-46(19-11-42)78-55(71)60-27-31-74-35-58(36-75-32-28-61-56(72)80-48-22-14-44(15-23-48)64-52(68)40(5)6,37-76-33-29-62-57(73)81-49-24-16-45(17-25-49)65-53(69)41(7)8)77-30-9-26-59-54(70)79-47-20-12-43(13-21-47)63-51(67)39(3)4/h10-25H,1,3,5,7,9,26-37H2,2,4,6,8H3,(H,59,70)(H,60,71)(H,61,72)(H,62,73)(H,63,67)(H,64,68)(H,65,69). The zero-order valence-corrected chi connectivity index (χ0v) is 45.8. The molecule has 7 N–H and O–H groups in total. The maximum absolute atomic E-state index is 12.7. The van der Waals surface area contributed by atoms with Crippen LogP contribution in [-0.4, -0.2) is 126 Å². The molecule has 0 aliphatic heterocycles. The van der Waals surface area contributed by atoms with Crippen LogP contribution in [0.3, 0.4) is 0 Å². The molecule has 23 nitrogen and oxygen atoms in total. The normalized spacial score (nSPS) is 10.7. The van der Waals surface area contributed by atoms with Crippen LogP contribution in [0.25, 0.3) is 0 Å². The van der Waals surface area contributed by atoms with E-state index in [1.807, 2.05) is 0 Å². The summed E-state index contributed by atoms with van der Waals surface area (Å²) in [5.41, 5.74) is 2.19. The molecule has 4 aromatic rings. The molecule has 4 rings (SSSR count).